The maximum Gasteiger partial charge on any atom is 0.0546 e. The van der Waals surface area contributed by atoms with E-state index in [0.717, 1.165) is 11.4 Å². The summed E-state index contributed by atoms with van der Waals surface area (Å²) in [5, 5.41) is 12.7. The Morgan fingerprint density at radius 3 is 1.75 bits per heavy atom. The number of thiophene rings is 1. The van der Waals surface area contributed by atoms with Gasteiger partial charge in [-0.3, -0.25) is 0 Å². The predicted octanol–water partition coefficient (Wildman–Crippen LogP) is 13.8. The molecule has 0 atom stereocenters. The summed E-state index contributed by atoms with van der Waals surface area (Å²) < 4.78 is 2.63. The van der Waals surface area contributed by atoms with Crippen LogP contribution in [0.2, 0.25) is 0 Å². The molecule has 48 heavy (non-hydrogen) atoms. The van der Waals surface area contributed by atoms with Gasteiger partial charge in [0.2, 0.25) is 0 Å². The molecule has 0 aliphatic heterocycles. The van der Waals surface area contributed by atoms with Crippen LogP contribution in [0, 0.1) is 0 Å². The Kier molecular flexibility index (Phi) is 6.12. The molecule has 0 aliphatic rings. The first-order valence-corrected chi connectivity index (χ1v) is 17.2. The van der Waals surface area contributed by atoms with Gasteiger partial charge in [0.05, 0.1) is 5.69 Å². The lowest BCUT2D eigenvalue weighted by Gasteiger charge is -2.28. The summed E-state index contributed by atoms with van der Waals surface area (Å²) >= 11 is 1.88. The Morgan fingerprint density at radius 2 is 0.938 bits per heavy atom. The predicted molar refractivity (Wildman–Crippen MR) is 209 cm³/mol. The van der Waals surface area contributed by atoms with E-state index in [1.807, 2.05) is 11.3 Å². The quantitative estimate of drug-likeness (QED) is 0.176. The van der Waals surface area contributed by atoms with Gasteiger partial charge in [-0.15, -0.1) is 11.3 Å². The van der Waals surface area contributed by atoms with Crippen LogP contribution in [-0.2, 0) is 0 Å². The third-order valence-electron chi connectivity index (χ3n) is 9.78. The van der Waals surface area contributed by atoms with Crippen LogP contribution >= 0.6 is 11.3 Å². The van der Waals surface area contributed by atoms with Crippen molar-refractivity contribution in [3.05, 3.63) is 176 Å². The number of benzene rings is 9. The zero-order valence-corrected chi connectivity index (χ0v) is 26.9. The van der Waals surface area contributed by atoms with E-state index in [2.05, 4.69) is 181 Å². The van der Waals surface area contributed by atoms with E-state index in [-0.39, 0.29) is 0 Å². The molecular weight excluding hydrogens is 599 g/mol. The first-order valence-electron chi connectivity index (χ1n) is 16.4. The van der Waals surface area contributed by atoms with Crippen LogP contribution in [0.1, 0.15) is 0 Å². The Balaban J connectivity index is 1.25. The summed E-state index contributed by atoms with van der Waals surface area (Å²) in [5.74, 6) is 0. The van der Waals surface area contributed by atoms with Gasteiger partial charge >= 0.3 is 0 Å². The van der Waals surface area contributed by atoms with Crippen molar-refractivity contribution in [2.75, 3.05) is 4.90 Å². The molecule has 0 unspecified atom stereocenters. The molecule has 0 spiro atoms. The lowest BCUT2D eigenvalue weighted by Crippen LogP contribution is -2.10. The van der Waals surface area contributed by atoms with Crippen LogP contribution < -0.4 is 4.90 Å². The van der Waals surface area contributed by atoms with E-state index in [1.54, 1.807) is 0 Å². The second kappa shape index (κ2) is 10.8. The molecule has 0 N–H and O–H groups in total. The van der Waals surface area contributed by atoms with Gasteiger partial charge < -0.3 is 4.90 Å². The number of nitrogens with zero attached hydrogens (tertiary/aromatic N) is 1. The Bertz CT molecular complexity index is 2830. The molecule has 10 aromatic rings. The molecule has 0 fully saturated rings. The fourth-order valence-corrected chi connectivity index (χ4v) is 8.61. The summed E-state index contributed by atoms with van der Waals surface area (Å²) in [4.78, 5) is 2.45. The highest BCUT2D eigenvalue weighted by Gasteiger charge is 2.20. The van der Waals surface area contributed by atoms with Gasteiger partial charge in [-0.25, -0.2) is 0 Å². The van der Waals surface area contributed by atoms with Crippen molar-refractivity contribution in [2.24, 2.45) is 0 Å². The van der Waals surface area contributed by atoms with E-state index in [1.165, 1.54) is 80.1 Å². The maximum absolute atomic E-state index is 2.45. The molecule has 0 saturated heterocycles. The van der Waals surface area contributed by atoms with E-state index in [9.17, 15) is 0 Å². The number of rotatable bonds is 4. The van der Waals surface area contributed by atoms with Crippen molar-refractivity contribution in [3.8, 4) is 11.1 Å². The SMILES string of the molecule is c1ccc(-c2ccc(N(c3ccc4sc5cc6ccccc6cc5c4c3)c3cc4ccc5ccccc5c4c4ccccc34)cc2)cc1. The minimum absolute atomic E-state index is 1.13. The second-order valence-electron chi connectivity index (χ2n) is 12.6. The molecule has 9 aromatic carbocycles. The minimum Gasteiger partial charge on any atom is -0.310 e. The molecule has 224 valence electrons. The molecule has 2 heteroatoms. The van der Waals surface area contributed by atoms with E-state index in [4.69, 9.17) is 0 Å². The monoisotopic (exact) mass is 627 g/mol. The Hall–Kier alpha value is -5.96. The number of hydrogen-bond acceptors (Lipinski definition) is 2. The zero-order valence-electron chi connectivity index (χ0n) is 26.1. The number of anilines is 3. The average molecular weight is 628 g/mol. The van der Waals surface area contributed by atoms with Crippen molar-refractivity contribution >= 4 is 91.7 Å². The normalized spacial score (nSPS) is 11.8. The first kappa shape index (κ1) is 27.2. The summed E-state index contributed by atoms with van der Waals surface area (Å²) in [6.07, 6.45) is 0. The summed E-state index contributed by atoms with van der Waals surface area (Å²) in [5.41, 5.74) is 5.87. The highest BCUT2D eigenvalue weighted by atomic mass is 32.1. The smallest absolute Gasteiger partial charge is 0.0546 e. The van der Waals surface area contributed by atoms with E-state index in [0.29, 0.717) is 0 Å². The second-order valence-corrected chi connectivity index (χ2v) is 13.6. The Labute approximate surface area is 282 Å². The van der Waals surface area contributed by atoms with Crippen molar-refractivity contribution in [2.45, 2.75) is 0 Å². The summed E-state index contributed by atoms with van der Waals surface area (Å²) in [7, 11) is 0. The van der Waals surface area contributed by atoms with Gasteiger partial charge in [0, 0.05) is 36.9 Å². The third kappa shape index (κ3) is 4.31. The lowest BCUT2D eigenvalue weighted by molar-refractivity contribution is 1.31. The first-order chi connectivity index (χ1) is 23.8. The molecule has 10 rings (SSSR count). The average Bonchev–Trinajstić information content (AvgIpc) is 3.51. The minimum atomic E-state index is 1.13. The molecular formula is C46H29NS. The molecule has 0 radical (unpaired) electrons. The molecule has 0 bridgehead atoms. The van der Waals surface area contributed by atoms with Crippen LogP contribution in [0.15, 0.2) is 176 Å². The van der Waals surface area contributed by atoms with Gasteiger partial charge in [0.1, 0.15) is 0 Å². The molecule has 0 aliphatic carbocycles. The van der Waals surface area contributed by atoms with Crippen molar-refractivity contribution < 1.29 is 0 Å². The molecule has 1 nitrogen and oxygen atoms in total. The van der Waals surface area contributed by atoms with Gasteiger partial charge in [0.25, 0.3) is 0 Å². The van der Waals surface area contributed by atoms with Crippen molar-refractivity contribution in [1.82, 2.24) is 0 Å². The van der Waals surface area contributed by atoms with Gasteiger partial charge in [-0.1, -0.05) is 127 Å². The Morgan fingerprint density at radius 1 is 0.333 bits per heavy atom. The van der Waals surface area contributed by atoms with Crippen molar-refractivity contribution in [1.29, 1.82) is 0 Å². The van der Waals surface area contributed by atoms with Gasteiger partial charge in [0.15, 0.2) is 0 Å². The zero-order chi connectivity index (χ0) is 31.6. The van der Waals surface area contributed by atoms with Gasteiger partial charge in [-0.05, 0) is 97.4 Å². The molecule has 0 saturated carbocycles. The summed E-state index contributed by atoms with van der Waals surface area (Å²) in [6, 6.07) is 64.6. The van der Waals surface area contributed by atoms with E-state index < -0.39 is 0 Å². The summed E-state index contributed by atoms with van der Waals surface area (Å²) in [6.45, 7) is 0. The van der Waals surface area contributed by atoms with Crippen LogP contribution in [0.3, 0.4) is 0 Å². The van der Waals surface area contributed by atoms with E-state index >= 15 is 0 Å². The van der Waals surface area contributed by atoms with Crippen molar-refractivity contribution in [3.63, 3.8) is 0 Å². The fourth-order valence-electron chi connectivity index (χ4n) is 7.49. The van der Waals surface area contributed by atoms with Crippen LogP contribution in [0.25, 0.3) is 74.4 Å². The molecule has 1 aromatic heterocycles. The van der Waals surface area contributed by atoms with Crippen LogP contribution in [-0.4, -0.2) is 0 Å². The topological polar surface area (TPSA) is 3.24 Å². The number of fused-ring (bicyclic) bond motifs is 9. The highest BCUT2D eigenvalue weighted by molar-refractivity contribution is 7.25. The fraction of sp³-hybridized carbons (Fsp3) is 0. The largest absolute Gasteiger partial charge is 0.310 e. The van der Waals surface area contributed by atoms with Gasteiger partial charge in [-0.2, -0.15) is 0 Å². The maximum atomic E-state index is 2.45. The van der Waals surface area contributed by atoms with Crippen LogP contribution in [0.5, 0.6) is 0 Å². The standard InChI is InChI=1S/C46H29NS/c1-2-10-30(11-3-1)31-20-22-36(23-21-31)47(37-24-25-44-42(29-37)41-26-33-13-4-5-14-34(33)28-45(41)48-44)43-27-35-19-18-32-12-6-7-15-38(32)46(35)40-17-9-8-16-39(40)43/h1-29H. The highest BCUT2D eigenvalue weighted by Crippen LogP contribution is 2.46. The molecule has 0 amide bonds. The van der Waals surface area contributed by atoms with Crippen LogP contribution in [0.4, 0.5) is 17.1 Å². The third-order valence-corrected chi connectivity index (χ3v) is 10.9. The number of hydrogen-bond donors (Lipinski definition) is 0. The lowest BCUT2D eigenvalue weighted by atomic mass is 9.94. The molecule has 1 heterocycles.